The van der Waals surface area contributed by atoms with E-state index in [1.165, 1.54) is 19.2 Å². The molecule has 1 aromatic carbocycles. The minimum Gasteiger partial charge on any atom is -0.275 e. The van der Waals surface area contributed by atoms with Crippen molar-refractivity contribution in [2.24, 2.45) is 7.05 Å². The monoisotopic (exact) mass is 361 g/mol. The lowest BCUT2D eigenvalue weighted by molar-refractivity contribution is 0.459. The summed E-state index contributed by atoms with van der Waals surface area (Å²) in [5.41, 5.74) is 0.732. The van der Waals surface area contributed by atoms with Crippen LogP contribution in [0.5, 0.6) is 0 Å². The molecule has 0 unspecified atom stereocenters. The van der Waals surface area contributed by atoms with Gasteiger partial charge in [-0.3, -0.25) is 4.68 Å². The zero-order chi connectivity index (χ0) is 14.9. The van der Waals surface area contributed by atoms with Crippen LogP contribution >= 0.6 is 15.9 Å². The summed E-state index contributed by atoms with van der Waals surface area (Å²) in [7, 11) is -0.726. The van der Waals surface area contributed by atoms with E-state index in [1.54, 1.807) is 24.1 Å². The highest BCUT2D eigenvalue weighted by Crippen LogP contribution is 2.22. The first-order chi connectivity index (χ1) is 9.30. The van der Waals surface area contributed by atoms with Gasteiger partial charge in [0.25, 0.3) is 0 Å². The third-order valence-electron chi connectivity index (χ3n) is 2.75. The summed E-state index contributed by atoms with van der Waals surface area (Å²) in [6.07, 6.45) is 3.29. The Kier molecular flexibility index (Phi) is 4.26. The van der Waals surface area contributed by atoms with Crippen LogP contribution in [0.1, 0.15) is 5.56 Å². The Morgan fingerprint density at radius 3 is 2.70 bits per heavy atom. The summed E-state index contributed by atoms with van der Waals surface area (Å²) in [5, 5.41) is 3.97. The quantitative estimate of drug-likeness (QED) is 0.838. The summed E-state index contributed by atoms with van der Waals surface area (Å²) in [6.45, 7) is 0.131. The van der Waals surface area contributed by atoms with E-state index in [9.17, 15) is 12.8 Å². The molecule has 0 bridgehead atoms. The summed E-state index contributed by atoms with van der Waals surface area (Å²) in [6, 6.07) is 3.87. The molecule has 0 aliphatic carbocycles. The van der Waals surface area contributed by atoms with E-state index in [0.717, 1.165) is 15.9 Å². The number of aromatic nitrogens is 2. The highest BCUT2D eigenvalue weighted by molar-refractivity contribution is 9.10. The molecule has 0 atom stereocenters. The maximum atomic E-state index is 13.8. The number of sulfonamides is 1. The lowest BCUT2D eigenvalue weighted by Crippen LogP contribution is -2.27. The maximum absolute atomic E-state index is 13.8. The van der Waals surface area contributed by atoms with Crippen LogP contribution in [0, 0.1) is 5.82 Å². The Bertz CT molecular complexity index is 730. The Hall–Kier alpha value is -1.25. The van der Waals surface area contributed by atoms with Crippen molar-refractivity contribution in [2.45, 2.75) is 11.4 Å². The molecular weight excluding hydrogens is 349 g/mol. The fraction of sp³-hybridized carbons (Fsp3) is 0.250. The second-order valence-corrected chi connectivity index (χ2v) is 7.29. The molecule has 0 aliphatic heterocycles. The van der Waals surface area contributed by atoms with E-state index in [4.69, 9.17) is 0 Å². The van der Waals surface area contributed by atoms with E-state index in [-0.39, 0.29) is 11.4 Å². The van der Waals surface area contributed by atoms with E-state index in [2.05, 4.69) is 21.0 Å². The van der Waals surface area contributed by atoms with Gasteiger partial charge in [0.05, 0.1) is 6.20 Å². The van der Waals surface area contributed by atoms with Gasteiger partial charge in [-0.05, 0) is 18.2 Å². The average molecular weight is 362 g/mol. The minimum absolute atomic E-state index is 0.131. The molecule has 2 rings (SSSR count). The normalized spacial score (nSPS) is 12.1. The van der Waals surface area contributed by atoms with Crippen molar-refractivity contribution in [2.75, 3.05) is 7.05 Å². The van der Waals surface area contributed by atoms with Crippen LogP contribution in [-0.4, -0.2) is 29.6 Å². The molecule has 0 saturated carbocycles. The number of benzene rings is 1. The van der Waals surface area contributed by atoms with E-state index < -0.39 is 15.8 Å². The molecule has 20 heavy (non-hydrogen) atoms. The first kappa shape index (κ1) is 15.1. The van der Waals surface area contributed by atoms with Crippen LogP contribution in [0.25, 0.3) is 0 Å². The Labute approximate surface area is 125 Å². The van der Waals surface area contributed by atoms with Crippen LogP contribution in [0.15, 0.2) is 40.0 Å². The van der Waals surface area contributed by atoms with Crippen molar-refractivity contribution in [1.82, 2.24) is 14.1 Å². The van der Waals surface area contributed by atoms with E-state index >= 15 is 0 Å². The standard InChI is InChI=1S/C12H13BrFN3O2S/c1-16-7-9(6-15-16)8-17(2)20(18,19)12-4-3-10(13)5-11(12)14/h3-7H,8H2,1-2H3. The maximum Gasteiger partial charge on any atom is 0.246 e. The summed E-state index contributed by atoms with van der Waals surface area (Å²) in [5.74, 6) is -0.780. The van der Waals surface area contributed by atoms with Gasteiger partial charge in [-0.1, -0.05) is 15.9 Å². The SMILES string of the molecule is CN(Cc1cnn(C)c1)S(=O)(=O)c1ccc(Br)cc1F. The summed E-state index contributed by atoms with van der Waals surface area (Å²) < 4.78 is 41.6. The number of aryl methyl sites for hydroxylation is 1. The topological polar surface area (TPSA) is 55.2 Å². The van der Waals surface area contributed by atoms with Crippen LogP contribution in [0.2, 0.25) is 0 Å². The molecule has 0 spiro atoms. The molecule has 1 heterocycles. The highest BCUT2D eigenvalue weighted by Gasteiger charge is 2.24. The fourth-order valence-corrected chi connectivity index (χ4v) is 3.28. The van der Waals surface area contributed by atoms with E-state index in [0.29, 0.717) is 4.47 Å². The van der Waals surface area contributed by atoms with Gasteiger partial charge in [0, 0.05) is 36.9 Å². The molecule has 8 heteroatoms. The second-order valence-electron chi connectivity index (χ2n) is 4.36. The summed E-state index contributed by atoms with van der Waals surface area (Å²) >= 11 is 3.10. The Morgan fingerprint density at radius 1 is 1.45 bits per heavy atom. The second kappa shape index (κ2) is 5.63. The van der Waals surface area contributed by atoms with Crippen LogP contribution in [-0.2, 0) is 23.6 Å². The first-order valence-electron chi connectivity index (χ1n) is 5.69. The van der Waals surface area contributed by atoms with Crippen LogP contribution in [0.4, 0.5) is 4.39 Å². The molecule has 0 fully saturated rings. The van der Waals surface area contributed by atoms with Crippen LogP contribution < -0.4 is 0 Å². The van der Waals surface area contributed by atoms with Gasteiger partial charge in [-0.2, -0.15) is 9.40 Å². The first-order valence-corrected chi connectivity index (χ1v) is 7.93. The van der Waals surface area contributed by atoms with Crippen molar-refractivity contribution in [3.8, 4) is 0 Å². The third kappa shape index (κ3) is 3.08. The van der Waals surface area contributed by atoms with Crippen LogP contribution in [0.3, 0.4) is 0 Å². The number of hydrogen-bond acceptors (Lipinski definition) is 3. The van der Waals surface area contributed by atoms with Gasteiger partial charge < -0.3 is 0 Å². The molecular formula is C12H13BrFN3O2S. The highest BCUT2D eigenvalue weighted by atomic mass is 79.9. The third-order valence-corrected chi connectivity index (χ3v) is 5.08. The van der Waals surface area contributed by atoms with Crippen molar-refractivity contribution >= 4 is 26.0 Å². The number of nitrogens with zero attached hydrogens (tertiary/aromatic N) is 3. The minimum atomic E-state index is -3.87. The van der Waals surface area contributed by atoms with Crippen molar-refractivity contribution in [3.05, 3.63) is 46.4 Å². The molecule has 0 aliphatic rings. The number of halogens is 2. The van der Waals surface area contributed by atoms with Crippen molar-refractivity contribution < 1.29 is 12.8 Å². The predicted octanol–water partition coefficient (Wildman–Crippen LogP) is 2.14. The number of hydrogen-bond donors (Lipinski definition) is 0. The molecule has 108 valence electrons. The van der Waals surface area contributed by atoms with Gasteiger partial charge >= 0.3 is 0 Å². The Morgan fingerprint density at radius 2 is 2.15 bits per heavy atom. The molecule has 0 amide bonds. The molecule has 0 radical (unpaired) electrons. The largest absolute Gasteiger partial charge is 0.275 e. The van der Waals surface area contributed by atoms with Gasteiger partial charge in [-0.25, -0.2) is 12.8 Å². The smallest absolute Gasteiger partial charge is 0.246 e. The summed E-state index contributed by atoms with van der Waals surface area (Å²) in [4.78, 5) is -0.341. The van der Waals surface area contributed by atoms with E-state index in [1.807, 2.05) is 0 Å². The zero-order valence-electron chi connectivity index (χ0n) is 10.9. The lowest BCUT2D eigenvalue weighted by Gasteiger charge is -2.16. The zero-order valence-corrected chi connectivity index (χ0v) is 13.3. The molecule has 0 saturated heterocycles. The predicted molar refractivity (Wildman–Crippen MR) is 76.0 cm³/mol. The molecule has 2 aromatic rings. The molecule has 0 N–H and O–H groups in total. The average Bonchev–Trinajstić information content (AvgIpc) is 2.74. The van der Waals surface area contributed by atoms with Crippen molar-refractivity contribution in [1.29, 1.82) is 0 Å². The van der Waals surface area contributed by atoms with Gasteiger partial charge in [0.15, 0.2) is 0 Å². The molecule has 5 nitrogen and oxygen atoms in total. The van der Waals surface area contributed by atoms with Gasteiger partial charge in [-0.15, -0.1) is 0 Å². The lowest BCUT2D eigenvalue weighted by atomic mass is 10.3. The van der Waals surface area contributed by atoms with Crippen molar-refractivity contribution in [3.63, 3.8) is 0 Å². The fourth-order valence-electron chi connectivity index (χ4n) is 1.75. The molecule has 1 aromatic heterocycles. The number of rotatable bonds is 4. The van der Waals surface area contributed by atoms with Gasteiger partial charge in [0.2, 0.25) is 10.0 Å². The van der Waals surface area contributed by atoms with Gasteiger partial charge in [0.1, 0.15) is 10.7 Å². The Balaban J connectivity index is 2.29.